The van der Waals surface area contributed by atoms with Crippen LogP contribution in [0.25, 0.3) is 11.3 Å². The molecule has 1 aromatic carbocycles. The summed E-state index contributed by atoms with van der Waals surface area (Å²) in [5.41, 5.74) is 4.46. The number of ether oxygens (including phenoxy) is 1. The third-order valence-corrected chi connectivity index (χ3v) is 13.5. The van der Waals surface area contributed by atoms with Crippen LogP contribution in [0.5, 0.6) is 0 Å². The molecule has 2 bridgehead atoms. The minimum atomic E-state index is -1.10. The predicted molar refractivity (Wildman–Crippen MR) is 210 cm³/mol. The van der Waals surface area contributed by atoms with E-state index in [1.54, 1.807) is 0 Å². The molecule has 14 nitrogen and oxygen atoms in total. The van der Waals surface area contributed by atoms with Gasteiger partial charge in [-0.25, -0.2) is 19.6 Å². The molecule has 2 aliphatic heterocycles. The van der Waals surface area contributed by atoms with Crippen molar-refractivity contribution in [3.8, 4) is 11.3 Å². The SMILES string of the molecule is COC(=O)N[C@H](C(=O)N1CCC[C@H]1c1nc(-c2ccc(C34CCC(c5c[nH]c([C@@H]6CCCN6C(=O)[C@H](C(C)C)N(C)C(=O)O)n5)(CC3)CC4)cc2)c[nH]1)C(C)C. The normalized spacial score (nSPS) is 25.8. The fourth-order valence-corrected chi connectivity index (χ4v) is 10.1. The van der Waals surface area contributed by atoms with E-state index in [4.69, 9.17) is 14.7 Å². The average molecular weight is 771 g/mol. The molecule has 3 saturated carbocycles. The molecule has 0 unspecified atom stereocenters. The quantitative estimate of drug-likeness (QED) is 0.167. The van der Waals surface area contributed by atoms with E-state index in [1.165, 1.54) is 19.7 Å². The van der Waals surface area contributed by atoms with Crippen molar-refractivity contribution in [2.75, 3.05) is 27.2 Å². The molecule has 0 spiro atoms. The number of likely N-dealkylation sites (N-methyl/N-ethyl adjacent to an activating group) is 1. The summed E-state index contributed by atoms with van der Waals surface area (Å²) in [4.78, 5) is 72.9. The van der Waals surface area contributed by atoms with Crippen LogP contribution in [0.2, 0.25) is 0 Å². The number of hydrogen-bond acceptors (Lipinski definition) is 7. The molecule has 0 radical (unpaired) electrons. The second kappa shape index (κ2) is 15.6. The third-order valence-electron chi connectivity index (χ3n) is 13.5. The molecule has 302 valence electrons. The first-order valence-electron chi connectivity index (χ1n) is 20.4. The van der Waals surface area contributed by atoms with Crippen LogP contribution in [0.15, 0.2) is 36.7 Å². The monoisotopic (exact) mass is 770 g/mol. The fraction of sp³-hybridized carbons (Fsp3) is 0.619. The molecule has 2 aromatic heterocycles. The first-order chi connectivity index (χ1) is 26.8. The highest BCUT2D eigenvalue weighted by atomic mass is 16.5. The van der Waals surface area contributed by atoms with Crippen LogP contribution in [0, 0.1) is 11.8 Å². The third kappa shape index (κ3) is 7.15. The van der Waals surface area contributed by atoms with Crippen LogP contribution in [-0.2, 0) is 25.2 Å². The van der Waals surface area contributed by atoms with Gasteiger partial charge in [-0.05, 0) is 87.0 Å². The number of imidazole rings is 2. The first kappa shape index (κ1) is 39.4. The molecule has 4 amide bonds. The molecular weight excluding hydrogens is 713 g/mol. The van der Waals surface area contributed by atoms with Crippen molar-refractivity contribution >= 4 is 24.0 Å². The van der Waals surface area contributed by atoms with Crippen LogP contribution in [0.3, 0.4) is 0 Å². The van der Waals surface area contributed by atoms with Gasteiger partial charge in [-0.2, -0.15) is 0 Å². The summed E-state index contributed by atoms with van der Waals surface area (Å²) < 4.78 is 4.77. The lowest BCUT2D eigenvalue weighted by Crippen LogP contribution is -2.51. The number of carbonyl (C=O) groups excluding carboxylic acids is 3. The molecular formula is C42H58N8O6. The average Bonchev–Trinajstić information content (AvgIpc) is 4.04. The molecule has 3 aliphatic carbocycles. The summed E-state index contributed by atoms with van der Waals surface area (Å²) >= 11 is 0. The molecule has 5 aliphatic rings. The zero-order valence-electron chi connectivity index (χ0n) is 33.6. The minimum absolute atomic E-state index is 0.0133. The summed E-state index contributed by atoms with van der Waals surface area (Å²) in [6.45, 7) is 8.81. The zero-order valence-corrected chi connectivity index (χ0v) is 33.6. The fourth-order valence-electron chi connectivity index (χ4n) is 10.1. The Labute approximate surface area is 329 Å². The Balaban J connectivity index is 1.000. The molecule has 56 heavy (non-hydrogen) atoms. The number of aromatic nitrogens is 4. The maximum atomic E-state index is 13.7. The van der Waals surface area contributed by atoms with E-state index in [9.17, 15) is 24.3 Å². The number of aromatic amines is 2. The first-order valence-corrected chi connectivity index (χ1v) is 20.4. The largest absolute Gasteiger partial charge is 0.465 e. The molecule has 4 N–H and O–H groups in total. The van der Waals surface area contributed by atoms with E-state index in [2.05, 4.69) is 45.7 Å². The maximum absolute atomic E-state index is 13.7. The topological polar surface area (TPSA) is 177 Å². The number of nitrogens with zero attached hydrogens (tertiary/aromatic N) is 5. The second-order valence-corrected chi connectivity index (χ2v) is 17.3. The number of alkyl carbamates (subject to hydrolysis) is 1. The molecule has 4 heterocycles. The Morgan fingerprint density at radius 1 is 0.821 bits per heavy atom. The van der Waals surface area contributed by atoms with Gasteiger partial charge < -0.3 is 34.9 Å². The summed E-state index contributed by atoms with van der Waals surface area (Å²) in [5, 5.41) is 12.4. The van der Waals surface area contributed by atoms with Crippen LogP contribution in [0.1, 0.15) is 127 Å². The highest BCUT2D eigenvalue weighted by molar-refractivity contribution is 5.87. The lowest BCUT2D eigenvalue weighted by Gasteiger charge is -2.53. The van der Waals surface area contributed by atoms with E-state index >= 15 is 0 Å². The lowest BCUT2D eigenvalue weighted by molar-refractivity contribution is -0.138. The van der Waals surface area contributed by atoms with Crippen molar-refractivity contribution in [3.63, 3.8) is 0 Å². The Kier molecular flexibility index (Phi) is 10.9. The van der Waals surface area contributed by atoms with Gasteiger partial charge >= 0.3 is 12.2 Å². The standard InChI is InChI=1S/C42H58N8O6/c1-25(2)33(47-39(53)56-6)37(51)49-21-7-9-30(49)35-43-23-29(45-35)27-11-13-28(14-12-27)41-15-18-42(19-16-41,20-17-41)32-24-44-36(46-32)31-10-8-22-50(31)38(52)34(26(3)4)48(5)40(54)55/h11-14,23-26,30-31,33-34H,7-10,15-22H2,1-6H3,(H,43,45)(H,44,46)(H,47,53)(H,54,55)/t30-,31-,33-,34-,41?,42?/m0/s1. The van der Waals surface area contributed by atoms with Crippen LogP contribution >= 0.6 is 0 Å². The Hall–Kier alpha value is -4.88. The van der Waals surface area contributed by atoms with Gasteiger partial charge in [0.05, 0.1) is 30.6 Å². The molecule has 2 saturated heterocycles. The molecule has 5 fully saturated rings. The van der Waals surface area contributed by atoms with Crippen LogP contribution < -0.4 is 5.32 Å². The highest BCUT2D eigenvalue weighted by Gasteiger charge is 2.51. The molecule has 4 atom stereocenters. The number of hydrogen-bond donors (Lipinski definition) is 4. The highest BCUT2D eigenvalue weighted by Crippen LogP contribution is 2.58. The van der Waals surface area contributed by atoms with Gasteiger partial charge in [0.2, 0.25) is 11.8 Å². The van der Waals surface area contributed by atoms with E-state index in [0.717, 1.165) is 97.7 Å². The summed E-state index contributed by atoms with van der Waals surface area (Å²) in [6.07, 6.45) is 12.0. The van der Waals surface area contributed by atoms with Crippen molar-refractivity contribution in [3.05, 3.63) is 59.6 Å². The molecule has 8 rings (SSSR count). The summed E-state index contributed by atoms with van der Waals surface area (Å²) in [7, 11) is 2.77. The number of rotatable bonds is 11. The van der Waals surface area contributed by atoms with Gasteiger partial charge in [0, 0.05) is 43.5 Å². The van der Waals surface area contributed by atoms with Crippen molar-refractivity contribution in [1.82, 2.24) is 40.0 Å². The van der Waals surface area contributed by atoms with Crippen molar-refractivity contribution in [2.45, 2.75) is 127 Å². The van der Waals surface area contributed by atoms with Crippen LogP contribution in [-0.4, -0.2) is 103 Å². The summed E-state index contributed by atoms with van der Waals surface area (Å²) in [6, 6.07) is 7.09. The minimum Gasteiger partial charge on any atom is -0.465 e. The number of methoxy groups -OCH3 is 1. The number of amides is 4. The van der Waals surface area contributed by atoms with E-state index < -0.39 is 24.3 Å². The van der Waals surface area contributed by atoms with Gasteiger partial charge in [-0.15, -0.1) is 0 Å². The zero-order chi connectivity index (χ0) is 39.9. The maximum Gasteiger partial charge on any atom is 0.407 e. The number of carboxylic acid groups (broad SMARTS) is 1. The van der Waals surface area contributed by atoms with E-state index in [1.807, 2.05) is 43.7 Å². The Morgan fingerprint density at radius 3 is 1.93 bits per heavy atom. The Morgan fingerprint density at radius 2 is 1.38 bits per heavy atom. The van der Waals surface area contributed by atoms with Gasteiger partial charge in [0.15, 0.2) is 0 Å². The number of likely N-dealkylation sites (tertiary alicyclic amines) is 2. The number of carbonyl (C=O) groups is 4. The number of H-pyrrole nitrogens is 2. The lowest BCUT2D eigenvalue weighted by atomic mass is 9.51. The molecule has 14 heteroatoms. The van der Waals surface area contributed by atoms with Crippen molar-refractivity contribution < 1.29 is 29.0 Å². The van der Waals surface area contributed by atoms with E-state index in [-0.39, 0.29) is 46.6 Å². The summed E-state index contributed by atoms with van der Waals surface area (Å²) in [5.74, 6) is 1.04. The van der Waals surface area contributed by atoms with Gasteiger partial charge in [-0.1, -0.05) is 52.0 Å². The van der Waals surface area contributed by atoms with Crippen molar-refractivity contribution in [2.24, 2.45) is 11.8 Å². The van der Waals surface area contributed by atoms with Crippen LogP contribution in [0.4, 0.5) is 9.59 Å². The number of fused-ring (bicyclic) bond motifs is 3. The molecule has 3 aromatic rings. The van der Waals surface area contributed by atoms with Gasteiger partial charge in [0.25, 0.3) is 0 Å². The second-order valence-electron chi connectivity index (χ2n) is 17.3. The van der Waals surface area contributed by atoms with E-state index in [0.29, 0.717) is 13.1 Å². The Bertz CT molecular complexity index is 1890. The van der Waals surface area contributed by atoms with Gasteiger partial charge in [-0.3, -0.25) is 14.5 Å². The van der Waals surface area contributed by atoms with Gasteiger partial charge in [0.1, 0.15) is 23.7 Å². The smallest absolute Gasteiger partial charge is 0.407 e. The van der Waals surface area contributed by atoms with Crippen molar-refractivity contribution in [1.29, 1.82) is 0 Å². The predicted octanol–water partition coefficient (Wildman–Crippen LogP) is 6.69. The number of benzene rings is 1. The number of nitrogens with one attached hydrogen (secondary N) is 3.